The van der Waals surface area contributed by atoms with Crippen molar-refractivity contribution in [3.8, 4) is 23.4 Å². The summed E-state index contributed by atoms with van der Waals surface area (Å²) in [6.45, 7) is 5.54. The maximum absolute atomic E-state index is 13.6. The Bertz CT molecular complexity index is 2010. The summed E-state index contributed by atoms with van der Waals surface area (Å²) in [4.78, 5) is 44.9. The van der Waals surface area contributed by atoms with Crippen LogP contribution in [-0.4, -0.2) is 24.7 Å². The van der Waals surface area contributed by atoms with Gasteiger partial charge in [-0.05, 0) is 67.8 Å². The Balaban J connectivity index is 1.58. The summed E-state index contributed by atoms with van der Waals surface area (Å²) in [5, 5.41) is 12.5. The van der Waals surface area contributed by atoms with Gasteiger partial charge in [-0.3, -0.25) is 23.5 Å². The zero-order valence-corrected chi connectivity index (χ0v) is 23.6. The molecule has 0 unspecified atom stereocenters. The molecule has 0 aliphatic heterocycles. The fraction of sp³-hybridized carbons (Fsp3) is 0.156. The van der Waals surface area contributed by atoms with Gasteiger partial charge in [0.2, 0.25) is 5.88 Å². The Morgan fingerprint density at radius 3 is 2.40 bits per heavy atom. The van der Waals surface area contributed by atoms with E-state index in [1.165, 1.54) is 9.08 Å². The van der Waals surface area contributed by atoms with Gasteiger partial charge in [-0.15, -0.1) is 0 Å². The molecular formula is C32H28N6O4. The third-order valence-electron chi connectivity index (χ3n) is 7.04. The molecule has 210 valence electrons. The molecule has 2 aromatic carbocycles. The Morgan fingerprint density at radius 2 is 1.74 bits per heavy atom. The molecule has 42 heavy (non-hydrogen) atoms. The van der Waals surface area contributed by atoms with E-state index in [1.54, 1.807) is 67.3 Å². The van der Waals surface area contributed by atoms with Gasteiger partial charge < -0.3 is 10.1 Å². The predicted octanol–water partition coefficient (Wildman–Crippen LogP) is 4.70. The number of pyridine rings is 1. The molecule has 0 saturated carbocycles. The number of rotatable bonds is 7. The number of nitrogens with zero attached hydrogens (tertiary/aromatic N) is 5. The topological polar surface area (TPSA) is 123 Å². The number of para-hydroxylation sites is 1. The van der Waals surface area contributed by atoms with Crippen molar-refractivity contribution < 1.29 is 9.53 Å². The van der Waals surface area contributed by atoms with Crippen molar-refractivity contribution in [1.82, 2.24) is 18.7 Å². The lowest BCUT2D eigenvalue weighted by Gasteiger charge is -2.12. The molecule has 5 aromatic rings. The largest absolute Gasteiger partial charge is 0.438 e. The van der Waals surface area contributed by atoms with E-state index < -0.39 is 22.6 Å². The van der Waals surface area contributed by atoms with Crippen molar-refractivity contribution in [3.05, 3.63) is 122 Å². The minimum absolute atomic E-state index is 0.0176. The van der Waals surface area contributed by atoms with Crippen LogP contribution >= 0.6 is 0 Å². The van der Waals surface area contributed by atoms with Crippen LogP contribution in [0.3, 0.4) is 0 Å². The lowest BCUT2D eigenvalue weighted by molar-refractivity contribution is -0.112. The van der Waals surface area contributed by atoms with E-state index in [2.05, 4.69) is 10.3 Å². The first-order valence-corrected chi connectivity index (χ1v) is 13.3. The number of benzene rings is 2. The number of amides is 1. The quantitative estimate of drug-likeness (QED) is 0.227. The van der Waals surface area contributed by atoms with Crippen molar-refractivity contribution in [1.29, 1.82) is 5.26 Å². The van der Waals surface area contributed by atoms with E-state index in [1.807, 2.05) is 44.2 Å². The van der Waals surface area contributed by atoms with Crippen LogP contribution in [0.5, 0.6) is 11.6 Å². The number of aryl methyl sites for hydroxylation is 2. The minimum atomic E-state index is -0.851. The first-order valence-electron chi connectivity index (χ1n) is 13.3. The summed E-state index contributed by atoms with van der Waals surface area (Å²) < 4.78 is 10.4. The molecular weight excluding hydrogens is 532 g/mol. The van der Waals surface area contributed by atoms with Crippen molar-refractivity contribution >= 4 is 23.3 Å². The van der Waals surface area contributed by atoms with Crippen LogP contribution in [0.15, 0.2) is 88.1 Å². The molecule has 10 nitrogen and oxygen atoms in total. The molecule has 1 amide bonds. The molecule has 5 rings (SSSR count). The molecule has 3 heterocycles. The van der Waals surface area contributed by atoms with Crippen molar-refractivity contribution in [2.75, 3.05) is 5.32 Å². The molecule has 0 saturated heterocycles. The summed E-state index contributed by atoms with van der Waals surface area (Å²) >= 11 is 0. The van der Waals surface area contributed by atoms with E-state index in [0.717, 1.165) is 23.6 Å². The normalized spacial score (nSPS) is 11.4. The van der Waals surface area contributed by atoms with Crippen LogP contribution in [-0.2, 0) is 18.3 Å². The van der Waals surface area contributed by atoms with Crippen LogP contribution in [0, 0.1) is 25.2 Å². The molecule has 0 atom stereocenters. The van der Waals surface area contributed by atoms with Gasteiger partial charge >= 0.3 is 0 Å². The molecule has 1 N–H and O–H groups in total. The molecule has 0 spiro atoms. The first-order chi connectivity index (χ1) is 20.2. The van der Waals surface area contributed by atoms with Gasteiger partial charge in [0.05, 0.1) is 11.4 Å². The number of anilines is 1. The van der Waals surface area contributed by atoms with Crippen molar-refractivity contribution in [2.45, 2.75) is 27.2 Å². The third kappa shape index (κ3) is 5.11. The lowest BCUT2D eigenvalue weighted by atomic mass is 10.1. The average molecular weight is 561 g/mol. The van der Waals surface area contributed by atoms with Crippen molar-refractivity contribution in [3.63, 3.8) is 0 Å². The maximum atomic E-state index is 13.6. The van der Waals surface area contributed by atoms with Gasteiger partial charge in [0.25, 0.3) is 17.0 Å². The van der Waals surface area contributed by atoms with Crippen LogP contribution in [0.2, 0.25) is 0 Å². The smallest absolute Gasteiger partial charge is 0.295 e. The highest BCUT2D eigenvalue weighted by atomic mass is 16.5. The molecule has 0 fully saturated rings. The second kappa shape index (κ2) is 11.4. The lowest BCUT2D eigenvalue weighted by Crippen LogP contribution is -2.24. The van der Waals surface area contributed by atoms with E-state index in [9.17, 15) is 19.6 Å². The van der Waals surface area contributed by atoms with Crippen molar-refractivity contribution in [2.24, 2.45) is 7.05 Å². The highest BCUT2D eigenvalue weighted by Crippen LogP contribution is 2.25. The number of fused-ring (bicyclic) bond motifs is 1. The Morgan fingerprint density at radius 1 is 1.02 bits per heavy atom. The number of ether oxygens (including phenoxy) is 1. The van der Waals surface area contributed by atoms with Crippen LogP contribution in [0.25, 0.3) is 17.4 Å². The second-order valence-corrected chi connectivity index (χ2v) is 9.68. The minimum Gasteiger partial charge on any atom is -0.438 e. The summed E-state index contributed by atoms with van der Waals surface area (Å²) in [5.41, 5.74) is 1.87. The molecule has 0 aliphatic carbocycles. The Labute approximate surface area is 241 Å². The number of aromatic nitrogens is 4. The standard InChI is InChI=1S/C32H28N6O4/c1-5-22-13-15-25(16-14-22)42-30-26(31(40)37-17-9-10-20(2)28(37)35-30)18-23(19-33)29(39)34-27-21(3)36(4)38(32(27)41)24-11-7-6-8-12-24/h6-18H,5H2,1-4H3,(H,34,39). The number of hydrogen-bond acceptors (Lipinski definition) is 6. The van der Waals surface area contributed by atoms with Gasteiger partial charge in [-0.1, -0.05) is 43.3 Å². The number of carbonyl (C=O) groups excluding carboxylic acids is 1. The van der Waals surface area contributed by atoms with E-state index in [4.69, 9.17) is 4.74 Å². The number of nitriles is 1. The summed E-state index contributed by atoms with van der Waals surface area (Å²) in [5.74, 6) is -0.465. The molecule has 3 aromatic heterocycles. The molecule has 0 radical (unpaired) electrons. The predicted molar refractivity (Wildman–Crippen MR) is 160 cm³/mol. The number of nitrogens with one attached hydrogen (secondary N) is 1. The van der Waals surface area contributed by atoms with Crippen LogP contribution < -0.4 is 21.2 Å². The SMILES string of the molecule is CCc1ccc(Oc2nc3c(C)cccn3c(=O)c2C=C(C#N)C(=O)Nc2c(C)n(C)n(-c3ccccc3)c2=O)cc1. The van der Waals surface area contributed by atoms with E-state index in [-0.39, 0.29) is 17.1 Å². The fourth-order valence-corrected chi connectivity index (χ4v) is 4.58. The van der Waals surface area contributed by atoms with Gasteiger partial charge in [0.15, 0.2) is 0 Å². The number of carbonyl (C=O) groups is 1. The van der Waals surface area contributed by atoms with Gasteiger partial charge in [-0.25, -0.2) is 4.68 Å². The highest BCUT2D eigenvalue weighted by Gasteiger charge is 2.22. The zero-order chi connectivity index (χ0) is 30.0. The van der Waals surface area contributed by atoms with Crippen LogP contribution in [0.4, 0.5) is 5.69 Å². The maximum Gasteiger partial charge on any atom is 0.295 e. The monoisotopic (exact) mass is 560 g/mol. The van der Waals surface area contributed by atoms with Gasteiger partial charge in [0, 0.05) is 13.2 Å². The fourth-order valence-electron chi connectivity index (χ4n) is 4.58. The molecule has 10 heteroatoms. The van der Waals surface area contributed by atoms with Gasteiger partial charge in [-0.2, -0.15) is 10.2 Å². The molecule has 0 aliphatic rings. The van der Waals surface area contributed by atoms with Gasteiger partial charge in [0.1, 0.15) is 34.3 Å². The zero-order valence-electron chi connectivity index (χ0n) is 23.6. The molecule has 0 bridgehead atoms. The first kappa shape index (κ1) is 27.9. The highest BCUT2D eigenvalue weighted by molar-refractivity contribution is 6.10. The average Bonchev–Trinajstić information content (AvgIpc) is 3.21. The second-order valence-electron chi connectivity index (χ2n) is 9.68. The third-order valence-corrected chi connectivity index (χ3v) is 7.04. The summed E-state index contributed by atoms with van der Waals surface area (Å²) in [7, 11) is 1.70. The number of hydrogen-bond donors (Lipinski definition) is 1. The van der Waals surface area contributed by atoms with Crippen LogP contribution in [0.1, 0.15) is 29.3 Å². The van der Waals surface area contributed by atoms with E-state index in [0.29, 0.717) is 22.8 Å². The Hall–Kier alpha value is -5.69. The Kier molecular flexibility index (Phi) is 7.58. The van der Waals surface area contributed by atoms with E-state index >= 15 is 0 Å². The summed E-state index contributed by atoms with van der Waals surface area (Å²) in [6.07, 6.45) is 3.55. The summed E-state index contributed by atoms with van der Waals surface area (Å²) in [6, 6.07) is 21.7.